The number of hydrogen-bond donors (Lipinski definition) is 2. The van der Waals surface area contributed by atoms with E-state index in [1.54, 1.807) is 12.1 Å². The molecule has 1 aliphatic rings. The first-order chi connectivity index (χ1) is 12.6. The minimum absolute atomic E-state index is 0. The number of nitrogens with one attached hydrogen (secondary N) is 1. The van der Waals surface area contributed by atoms with Crippen molar-refractivity contribution in [3.05, 3.63) is 30.1 Å². The van der Waals surface area contributed by atoms with Crippen LogP contribution in [0.4, 0.5) is 4.39 Å². The van der Waals surface area contributed by atoms with Crippen LogP contribution in [0.25, 0.3) is 0 Å². The van der Waals surface area contributed by atoms with Gasteiger partial charge in [0.1, 0.15) is 11.6 Å². The van der Waals surface area contributed by atoms with Gasteiger partial charge in [-0.15, -0.1) is 12.4 Å². The number of halogens is 2. The van der Waals surface area contributed by atoms with E-state index >= 15 is 0 Å². The Morgan fingerprint density at radius 3 is 2.85 bits per heavy atom. The van der Waals surface area contributed by atoms with E-state index in [0.717, 1.165) is 25.8 Å². The Morgan fingerprint density at radius 2 is 2.11 bits per heavy atom. The molecule has 1 heterocycles. The first-order valence-electron chi connectivity index (χ1n) is 9.24. The Bertz CT molecular complexity index is 603. The summed E-state index contributed by atoms with van der Waals surface area (Å²) in [6, 6.07) is 6.01. The van der Waals surface area contributed by atoms with Crippen LogP contribution < -0.4 is 15.8 Å². The normalized spacial score (nSPS) is 16.4. The molecule has 8 heteroatoms. The fraction of sp³-hybridized carbons (Fsp3) is 0.579. The average molecular weight is 402 g/mol. The van der Waals surface area contributed by atoms with Crippen molar-refractivity contribution in [1.29, 1.82) is 0 Å². The lowest BCUT2D eigenvalue weighted by Crippen LogP contribution is -2.49. The van der Waals surface area contributed by atoms with E-state index < -0.39 is 0 Å². The van der Waals surface area contributed by atoms with Gasteiger partial charge in [0.05, 0.1) is 6.61 Å². The highest BCUT2D eigenvalue weighted by Gasteiger charge is 2.26. The Morgan fingerprint density at radius 1 is 1.30 bits per heavy atom. The molecule has 1 aromatic carbocycles. The summed E-state index contributed by atoms with van der Waals surface area (Å²) in [6.07, 6.45) is 4.19. The molecule has 1 aliphatic heterocycles. The van der Waals surface area contributed by atoms with Crippen molar-refractivity contribution in [3.8, 4) is 5.75 Å². The number of carbonyl (C=O) groups is 2. The third kappa shape index (κ3) is 8.13. The molecule has 1 fully saturated rings. The number of benzene rings is 1. The van der Waals surface area contributed by atoms with Gasteiger partial charge in [0, 0.05) is 44.6 Å². The third-order valence-electron chi connectivity index (χ3n) is 4.45. The van der Waals surface area contributed by atoms with Crippen molar-refractivity contribution >= 4 is 24.2 Å². The maximum absolute atomic E-state index is 13.1. The van der Waals surface area contributed by atoms with Gasteiger partial charge in [-0.05, 0) is 37.8 Å². The van der Waals surface area contributed by atoms with Gasteiger partial charge in [-0.1, -0.05) is 6.07 Å². The van der Waals surface area contributed by atoms with Crippen LogP contribution in [0.2, 0.25) is 0 Å². The summed E-state index contributed by atoms with van der Waals surface area (Å²) in [4.78, 5) is 26.0. The maximum Gasteiger partial charge on any atom is 0.223 e. The second-order valence-corrected chi connectivity index (χ2v) is 6.49. The molecule has 27 heavy (non-hydrogen) atoms. The van der Waals surface area contributed by atoms with Crippen LogP contribution in [0.5, 0.6) is 5.75 Å². The maximum atomic E-state index is 13.1. The Kier molecular flexibility index (Phi) is 10.7. The summed E-state index contributed by atoms with van der Waals surface area (Å²) >= 11 is 0. The van der Waals surface area contributed by atoms with Crippen LogP contribution >= 0.6 is 12.4 Å². The fourth-order valence-electron chi connectivity index (χ4n) is 3.11. The molecule has 152 valence electrons. The van der Waals surface area contributed by atoms with Gasteiger partial charge in [-0.3, -0.25) is 9.59 Å². The van der Waals surface area contributed by atoms with E-state index in [0.29, 0.717) is 44.7 Å². The first kappa shape index (κ1) is 23.2. The molecule has 0 spiro atoms. The summed E-state index contributed by atoms with van der Waals surface area (Å²) < 4.78 is 18.6. The smallest absolute Gasteiger partial charge is 0.223 e. The summed E-state index contributed by atoms with van der Waals surface area (Å²) in [5.41, 5.74) is 5.37. The molecule has 1 atom stereocenters. The Labute approximate surface area is 166 Å². The van der Waals surface area contributed by atoms with Crippen LogP contribution in [-0.2, 0) is 9.59 Å². The molecule has 1 unspecified atom stereocenters. The van der Waals surface area contributed by atoms with Crippen molar-refractivity contribution in [2.45, 2.75) is 44.6 Å². The molecule has 1 aromatic rings. The predicted octanol–water partition coefficient (Wildman–Crippen LogP) is 2.25. The largest absolute Gasteiger partial charge is 0.493 e. The van der Waals surface area contributed by atoms with Gasteiger partial charge < -0.3 is 20.7 Å². The number of hydrogen-bond acceptors (Lipinski definition) is 4. The molecular weight excluding hydrogens is 373 g/mol. The zero-order chi connectivity index (χ0) is 18.8. The van der Waals surface area contributed by atoms with E-state index in [-0.39, 0.29) is 36.1 Å². The minimum Gasteiger partial charge on any atom is -0.493 e. The van der Waals surface area contributed by atoms with Crippen molar-refractivity contribution in [2.75, 3.05) is 26.2 Å². The van der Waals surface area contributed by atoms with Gasteiger partial charge in [0.15, 0.2) is 0 Å². The zero-order valence-electron chi connectivity index (χ0n) is 15.5. The van der Waals surface area contributed by atoms with E-state index in [2.05, 4.69) is 5.32 Å². The van der Waals surface area contributed by atoms with Gasteiger partial charge in [-0.25, -0.2) is 4.39 Å². The molecule has 3 N–H and O–H groups in total. The van der Waals surface area contributed by atoms with E-state index in [1.807, 2.05) is 4.90 Å². The van der Waals surface area contributed by atoms with E-state index in [9.17, 15) is 14.0 Å². The van der Waals surface area contributed by atoms with Crippen molar-refractivity contribution in [1.82, 2.24) is 10.2 Å². The van der Waals surface area contributed by atoms with E-state index in [1.165, 1.54) is 12.1 Å². The second-order valence-electron chi connectivity index (χ2n) is 6.49. The number of piperidine rings is 1. The number of carbonyl (C=O) groups excluding carboxylic acids is 2. The van der Waals surface area contributed by atoms with Crippen LogP contribution in [0.1, 0.15) is 38.5 Å². The highest BCUT2D eigenvalue weighted by molar-refractivity contribution is 5.85. The average Bonchev–Trinajstić information content (AvgIpc) is 2.64. The van der Waals surface area contributed by atoms with Crippen molar-refractivity contribution < 1.29 is 18.7 Å². The lowest BCUT2D eigenvalue weighted by molar-refractivity contribution is -0.135. The van der Waals surface area contributed by atoms with Crippen molar-refractivity contribution in [3.63, 3.8) is 0 Å². The monoisotopic (exact) mass is 401 g/mol. The molecule has 6 nitrogen and oxygen atoms in total. The number of rotatable bonds is 9. The first-order valence-corrected chi connectivity index (χ1v) is 9.24. The van der Waals surface area contributed by atoms with Crippen LogP contribution in [-0.4, -0.2) is 49.0 Å². The van der Waals surface area contributed by atoms with Crippen LogP contribution in [0, 0.1) is 5.82 Å². The minimum atomic E-state index is -0.341. The molecule has 0 aliphatic carbocycles. The highest BCUT2D eigenvalue weighted by Crippen LogP contribution is 2.18. The number of likely N-dealkylation sites (tertiary alicyclic amines) is 1. The van der Waals surface area contributed by atoms with Gasteiger partial charge in [0.2, 0.25) is 11.8 Å². The van der Waals surface area contributed by atoms with Crippen molar-refractivity contribution in [2.24, 2.45) is 5.73 Å². The fourth-order valence-corrected chi connectivity index (χ4v) is 3.11. The Balaban J connectivity index is 0.00000364. The van der Waals surface area contributed by atoms with Crippen LogP contribution in [0.3, 0.4) is 0 Å². The Hall–Kier alpha value is -1.86. The second kappa shape index (κ2) is 12.5. The molecule has 2 rings (SSSR count). The third-order valence-corrected chi connectivity index (χ3v) is 4.45. The standard InChI is InChI=1S/C19H28FN3O3.ClH/c20-15-5-3-7-17(13-15)26-12-4-8-19(25)23-11-2-1-6-16(23)14-22-18(24)9-10-21;/h3,5,7,13,16H,1-2,4,6,8-12,14,21H2,(H,22,24);1H. The number of amides is 2. The molecule has 1 saturated heterocycles. The lowest BCUT2D eigenvalue weighted by Gasteiger charge is -2.36. The molecule has 0 aromatic heterocycles. The number of ether oxygens (including phenoxy) is 1. The zero-order valence-corrected chi connectivity index (χ0v) is 16.3. The van der Waals surface area contributed by atoms with Crippen LogP contribution in [0.15, 0.2) is 24.3 Å². The van der Waals surface area contributed by atoms with Gasteiger partial charge in [-0.2, -0.15) is 0 Å². The molecule has 2 amide bonds. The lowest BCUT2D eigenvalue weighted by atomic mass is 10.0. The molecule has 0 bridgehead atoms. The number of nitrogens with zero attached hydrogens (tertiary/aromatic N) is 1. The number of nitrogens with two attached hydrogens (primary N) is 1. The highest BCUT2D eigenvalue weighted by atomic mass is 35.5. The molecule has 0 radical (unpaired) electrons. The summed E-state index contributed by atoms with van der Waals surface area (Å²) in [5.74, 6) is 0.127. The molecular formula is C19H29ClFN3O3. The van der Waals surface area contributed by atoms with Gasteiger partial charge in [0.25, 0.3) is 0 Å². The van der Waals surface area contributed by atoms with E-state index in [4.69, 9.17) is 10.5 Å². The van der Waals surface area contributed by atoms with Gasteiger partial charge >= 0.3 is 0 Å². The quantitative estimate of drug-likeness (QED) is 0.621. The predicted molar refractivity (Wildman–Crippen MR) is 104 cm³/mol. The molecule has 0 saturated carbocycles. The topological polar surface area (TPSA) is 84.7 Å². The summed E-state index contributed by atoms with van der Waals surface area (Å²) in [7, 11) is 0. The summed E-state index contributed by atoms with van der Waals surface area (Å²) in [5, 5.41) is 2.86. The summed E-state index contributed by atoms with van der Waals surface area (Å²) in [6.45, 7) is 1.89. The SMILES string of the molecule is Cl.NCCC(=O)NCC1CCCCN1C(=O)CCCOc1cccc(F)c1.